The molecule has 0 amide bonds. The molecule has 5 heteroatoms. The first-order chi connectivity index (χ1) is 11.4. The Labute approximate surface area is 144 Å². The molecule has 2 heterocycles. The highest BCUT2D eigenvalue weighted by molar-refractivity contribution is 14.2. The summed E-state index contributed by atoms with van der Waals surface area (Å²) in [5, 5.41) is 4.40. The van der Waals surface area contributed by atoms with Gasteiger partial charge in [-0.1, -0.05) is 30.3 Å². The van der Waals surface area contributed by atoms with E-state index in [-0.39, 0.29) is 21.0 Å². The normalized spacial score (nSPS) is 13.5. The molecule has 4 rings (SSSR count). The molecule has 0 saturated heterocycles. The van der Waals surface area contributed by atoms with E-state index < -0.39 is 0 Å². The fraction of sp³-hybridized carbons (Fsp3) is 0. The zero-order valence-electron chi connectivity index (χ0n) is 12.1. The Morgan fingerprint density at radius 3 is 2.52 bits per heavy atom. The number of para-hydroxylation sites is 2. The summed E-state index contributed by atoms with van der Waals surface area (Å²) in [7, 11) is 0. The fourth-order valence-corrected chi connectivity index (χ4v) is 3.54. The van der Waals surface area contributed by atoms with Crippen molar-refractivity contribution in [1.82, 2.24) is 9.97 Å². The molecular formula is C18H13IN4. The number of halogens is 1. The summed E-state index contributed by atoms with van der Waals surface area (Å²) in [6.07, 6.45) is 3.94. The van der Waals surface area contributed by atoms with Gasteiger partial charge in [0, 0.05) is 43.9 Å². The van der Waals surface area contributed by atoms with Crippen molar-refractivity contribution < 1.29 is 0 Å². The van der Waals surface area contributed by atoms with E-state index in [2.05, 4.69) is 23.6 Å². The van der Waals surface area contributed by atoms with E-state index in [0.29, 0.717) is 5.82 Å². The molecule has 0 atom stereocenters. The number of aromatic nitrogens is 2. The van der Waals surface area contributed by atoms with Crippen LogP contribution in [0, 0.1) is 0 Å². The summed E-state index contributed by atoms with van der Waals surface area (Å²) in [4.78, 5) is 9.41. The molecule has 1 aromatic heterocycles. The van der Waals surface area contributed by atoms with Gasteiger partial charge in [-0.25, -0.2) is 13.1 Å². The standard InChI is InChI=1S/C18H13IN4/c1-2-6-14(7-3-1)21-18-15-8-4-5-9-16(15)22-17(23-18)13-10-11-19-20-12-13/h1-12H,(H,21,22,23). The van der Waals surface area contributed by atoms with Gasteiger partial charge in [-0.3, -0.25) is 0 Å². The van der Waals surface area contributed by atoms with Gasteiger partial charge >= 0.3 is 0 Å². The molecule has 1 N–H and O–H groups in total. The lowest BCUT2D eigenvalue weighted by Crippen LogP contribution is -2.01. The lowest BCUT2D eigenvalue weighted by atomic mass is 10.2. The van der Waals surface area contributed by atoms with E-state index >= 15 is 0 Å². The van der Waals surface area contributed by atoms with Crippen LogP contribution in [0.1, 0.15) is 5.82 Å². The Morgan fingerprint density at radius 2 is 1.70 bits per heavy atom. The molecule has 2 aromatic carbocycles. The van der Waals surface area contributed by atoms with Crippen LogP contribution < -0.4 is 5.32 Å². The number of fused-ring (bicyclic) bond motifs is 1. The molecular weight excluding hydrogens is 399 g/mol. The van der Waals surface area contributed by atoms with Crippen molar-refractivity contribution in [3.8, 4) is 0 Å². The number of allylic oxidation sites excluding steroid dienone is 2. The SMILES string of the molecule is C1=CC(c2nc(Nc3ccccc3)c3ccccc3n2)=CN=I1. The van der Waals surface area contributed by atoms with Gasteiger partial charge < -0.3 is 5.32 Å². The molecule has 0 aliphatic carbocycles. The molecule has 0 radical (unpaired) electrons. The predicted molar refractivity (Wildman–Crippen MR) is 103 cm³/mol. The summed E-state index contributed by atoms with van der Waals surface area (Å²) in [5.74, 6) is 1.51. The molecule has 1 aliphatic rings. The second-order valence-electron chi connectivity index (χ2n) is 4.98. The first-order valence-electron chi connectivity index (χ1n) is 7.19. The summed E-state index contributed by atoms with van der Waals surface area (Å²) in [5.41, 5.74) is 2.88. The lowest BCUT2D eigenvalue weighted by Gasteiger charge is -2.11. The van der Waals surface area contributed by atoms with Crippen molar-refractivity contribution in [2.24, 2.45) is 3.15 Å². The molecule has 112 valence electrons. The number of nitrogens with zero attached hydrogens (tertiary/aromatic N) is 3. The van der Waals surface area contributed by atoms with Crippen molar-refractivity contribution in [2.45, 2.75) is 0 Å². The number of nitrogens with one attached hydrogen (secondary N) is 1. The van der Waals surface area contributed by atoms with E-state index in [9.17, 15) is 0 Å². The number of rotatable bonds is 3. The van der Waals surface area contributed by atoms with Crippen molar-refractivity contribution in [2.75, 3.05) is 5.32 Å². The van der Waals surface area contributed by atoms with Gasteiger partial charge in [-0.15, -0.1) is 0 Å². The topological polar surface area (TPSA) is 50.2 Å². The maximum atomic E-state index is 4.73. The van der Waals surface area contributed by atoms with Crippen molar-refractivity contribution in [3.05, 3.63) is 76.8 Å². The van der Waals surface area contributed by atoms with Crippen molar-refractivity contribution in [1.29, 1.82) is 0 Å². The van der Waals surface area contributed by atoms with Crippen LogP contribution in [0.3, 0.4) is 0 Å². The van der Waals surface area contributed by atoms with Gasteiger partial charge in [-0.05, 0) is 34.4 Å². The average Bonchev–Trinajstić information content (AvgIpc) is 2.63. The van der Waals surface area contributed by atoms with Crippen LogP contribution in [-0.4, -0.2) is 9.97 Å². The first kappa shape index (κ1) is 14.2. The smallest absolute Gasteiger partial charge is 0.163 e. The van der Waals surface area contributed by atoms with E-state index in [1.165, 1.54) is 0 Å². The molecule has 1 aliphatic heterocycles. The van der Waals surface area contributed by atoms with Gasteiger partial charge in [0.15, 0.2) is 5.82 Å². The molecule has 0 bridgehead atoms. The number of hydrogen-bond acceptors (Lipinski definition) is 4. The minimum atomic E-state index is -0.191. The van der Waals surface area contributed by atoms with Gasteiger partial charge in [0.1, 0.15) is 5.82 Å². The van der Waals surface area contributed by atoms with Crippen molar-refractivity contribution >= 4 is 49.0 Å². The Balaban J connectivity index is 1.86. The Morgan fingerprint density at radius 1 is 0.870 bits per heavy atom. The highest BCUT2D eigenvalue weighted by Gasteiger charge is 2.10. The minimum absolute atomic E-state index is 0.191. The Bertz CT molecular complexity index is 946. The number of hydrogen-bond donors (Lipinski definition) is 1. The second-order valence-corrected chi connectivity index (χ2v) is 6.81. The van der Waals surface area contributed by atoms with E-state index in [1.54, 1.807) is 0 Å². The predicted octanol–water partition coefficient (Wildman–Crippen LogP) is 5.40. The Kier molecular flexibility index (Phi) is 3.94. The molecule has 3 aromatic rings. The molecule has 23 heavy (non-hydrogen) atoms. The van der Waals surface area contributed by atoms with Crippen LogP contribution in [0.2, 0.25) is 0 Å². The molecule has 4 nitrogen and oxygen atoms in total. The van der Waals surface area contributed by atoms with Gasteiger partial charge in [-0.2, -0.15) is 0 Å². The average molecular weight is 412 g/mol. The third kappa shape index (κ3) is 3.05. The summed E-state index contributed by atoms with van der Waals surface area (Å²) in [6, 6.07) is 18.1. The highest BCUT2D eigenvalue weighted by Crippen LogP contribution is 2.27. The maximum absolute atomic E-state index is 4.73. The van der Waals surface area contributed by atoms with Gasteiger partial charge in [0.25, 0.3) is 0 Å². The van der Waals surface area contributed by atoms with E-state index in [1.807, 2.05) is 60.8 Å². The minimum Gasteiger partial charge on any atom is -0.340 e. The van der Waals surface area contributed by atoms with E-state index in [0.717, 1.165) is 28.0 Å². The number of anilines is 2. The largest absolute Gasteiger partial charge is 0.340 e. The van der Waals surface area contributed by atoms with Crippen LogP contribution >= 0.6 is 21.0 Å². The first-order valence-corrected chi connectivity index (χ1v) is 9.40. The molecule has 0 unspecified atom stereocenters. The fourth-order valence-electron chi connectivity index (χ4n) is 2.34. The molecule has 0 spiro atoms. The Hall–Kier alpha value is -2.41. The summed E-state index contributed by atoms with van der Waals surface area (Å²) >= 11 is -0.191. The molecule has 0 saturated carbocycles. The quantitative estimate of drug-likeness (QED) is 0.587. The van der Waals surface area contributed by atoms with Crippen LogP contribution in [0.4, 0.5) is 11.5 Å². The van der Waals surface area contributed by atoms with Crippen LogP contribution in [-0.2, 0) is 0 Å². The van der Waals surface area contributed by atoms with Crippen molar-refractivity contribution in [3.63, 3.8) is 0 Å². The second kappa shape index (κ2) is 6.37. The zero-order valence-corrected chi connectivity index (χ0v) is 14.3. The van der Waals surface area contributed by atoms with E-state index in [4.69, 9.17) is 4.98 Å². The summed E-state index contributed by atoms with van der Waals surface area (Å²) < 4.78 is 6.51. The number of benzene rings is 2. The lowest BCUT2D eigenvalue weighted by molar-refractivity contribution is 1.17. The van der Waals surface area contributed by atoms with Crippen LogP contribution in [0.15, 0.2) is 74.1 Å². The summed E-state index contributed by atoms with van der Waals surface area (Å²) in [6.45, 7) is 0. The highest BCUT2D eigenvalue weighted by atomic mass is 127. The monoisotopic (exact) mass is 412 g/mol. The van der Waals surface area contributed by atoms with Crippen LogP contribution in [0.5, 0.6) is 0 Å². The third-order valence-corrected chi connectivity index (χ3v) is 4.72. The zero-order chi connectivity index (χ0) is 15.5. The van der Waals surface area contributed by atoms with Gasteiger partial charge in [0.05, 0.1) is 5.52 Å². The van der Waals surface area contributed by atoms with Gasteiger partial charge in [0.2, 0.25) is 0 Å². The molecule has 0 fully saturated rings. The third-order valence-electron chi connectivity index (χ3n) is 3.44. The van der Waals surface area contributed by atoms with Crippen LogP contribution in [0.25, 0.3) is 16.5 Å². The maximum Gasteiger partial charge on any atom is 0.163 e.